The fourth-order valence-electron chi connectivity index (χ4n) is 6.13. The van der Waals surface area contributed by atoms with Crippen molar-refractivity contribution in [3.8, 4) is 56.4 Å². The summed E-state index contributed by atoms with van der Waals surface area (Å²) in [5.41, 5.74) is 13.5. The molecule has 2 heterocycles. The second-order valence-corrected chi connectivity index (χ2v) is 11.7. The highest BCUT2D eigenvalue weighted by molar-refractivity contribution is 6.20. The minimum Gasteiger partial charge on any atom is -0.494 e. The van der Waals surface area contributed by atoms with E-state index in [-0.39, 0.29) is 5.69 Å². The molecule has 2 N–H and O–H groups in total. The van der Waals surface area contributed by atoms with E-state index in [2.05, 4.69) is 49.7 Å². The summed E-state index contributed by atoms with van der Waals surface area (Å²) in [7, 11) is 2.08. The number of hydrogen-bond acceptors (Lipinski definition) is 4. The van der Waals surface area contributed by atoms with Crippen LogP contribution < -0.4 is 15.2 Å². The number of fused-ring (bicyclic) bond motifs is 1. The average Bonchev–Trinajstić information content (AvgIpc) is 3.41. The number of benzene rings is 4. The molecule has 6 aromatic rings. The van der Waals surface area contributed by atoms with E-state index >= 15 is 0 Å². The summed E-state index contributed by atoms with van der Waals surface area (Å²) in [5, 5.41) is 1.86. The number of ether oxygens (including phenoxy) is 2. The third-order valence-corrected chi connectivity index (χ3v) is 8.47. The van der Waals surface area contributed by atoms with Crippen LogP contribution in [0.1, 0.15) is 50.0 Å². The lowest BCUT2D eigenvalue weighted by Gasteiger charge is -2.16. The van der Waals surface area contributed by atoms with Crippen LogP contribution in [0.5, 0.6) is 11.5 Å². The van der Waals surface area contributed by atoms with Crippen molar-refractivity contribution in [2.24, 2.45) is 12.8 Å². The van der Waals surface area contributed by atoms with Crippen LogP contribution in [0.2, 0.25) is 0 Å². The van der Waals surface area contributed by atoms with E-state index in [0.29, 0.717) is 24.5 Å². The van der Waals surface area contributed by atoms with Gasteiger partial charge in [-0.05, 0) is 65.9 Å². The van der Waals surface area contributed by atoms with Crippen LogP contribution >= 0.6 is 0 Å². The minimum atomic E-state index is -0.588. The van der Waals surface area contributed by atoms with Crippen LogP contribution in [0.15, 0.2) is 109 Å². The van der Waals surface area contributed by atoms with Crippen molar-refractivity contribution < 1.29 is 14.3 Å². The highest BCUT2D eigenvalue weighted by Crippen LogP contribution is 2.48. The van der Waals surface area contributed by atoms with Gasteiger partial charge < -0.3 is 19.8 Å². The molecule has 6 rings (SSSR count). The van der Waals surface area contributed by atoms with Gasteiger partial charge in [-0.25, -0.2) is 4.98 Å². The van der Waals surface area contributed by atoms with Gasteiger partial charge >= 0.3 is 0 Å². The van der Waals surface area contributed by atoms with Crippen LogP contribution in [-0.2, 0) is 7.05 Å². The van der Waals surface area contributed by atoms with Gasteiger partial charge in [0.15, 0.2) is 0 Å². The number of unbranched alkanes of at least 4 members (excludes halogenated alkanes) is 2. The molecule has 238 valence electrons. The van der Waals surface area contributed by atoms with Gasteiger partial charge in [0.05, 0.1) is 30.3 Å². The summed E-state index contributed by atoms with van der Waals surface area (Å²) < 4.78 is 14.2. The number of nitrogens with two attached hydrogens (primary N) is 1. The molecule has 0 bridgehead atoms. The number of aromatic nitrogens is 2. The first-order valence-corrected chi connectivity index (χ1v) is 16.4. The fraction of sp³-hybridized carbons (Fsp3) is 0.220. The Kier molecular flexibility index (Phi) is 9.67. The summed E-state index contributed by atoms with van der Waals surface area (Å²) in [6.45, 7) is 5.61. The molecule has 47 heavy (non-hydrogen) atoms. The van der Waals surface area contributed by atoms with Gasteiger partial charge in [0, 0.05) is 28.9 Å². The van der Waals surface area contributed by atoms with Crippen LogP contribution in [0.4, 0.5) is 0 Å². The minimum absolute atomic E-state index is 0.220. The predicted molar refractivity (Wildman–Crippen MR) is 192 cm³/mol. The predicted octanol–water partition coefficient (Wildman–Crippen LogP) is 9.70. The van der Waals surface area contributed by atoms with Crippen LogP contribution in [-0.4, -0.2) is 28.7 Å². The molecule has 6 nitrogen and oxygen atoms in total. The molecule has 0 radical (unpaired) electrons. The Bertz CT molecular complexity index is 1960. The Morgan fingerprint density at radius 1 is 0.638 bits per heavy atom. The molecule has 4 aromatic carbocycles. The van der Waals surface area contributed by atoms with Crippen molar-refractivity contribution in [3.63, 3.8) is 0 Å². The average molecular weight is 624 g/mol. The third-order valence-electron chi connectivity index (χ3n) is 8.47. The Balaban J connectivity index is 1.68. The smallest absolute Gasteiger partial charge is 0.267 e. The van der Waals surface area contributed by atoms with E-state index in [4.69, 9.17) is 20.2 Å². The maximum absolute atomic E-state index is 13.4. The summed E-state index contributed by atoms with van der Waals surface area (Å²) in [4.78, 5) is 18.5. The van der Waals surface area contributed by atoms with Crippen molar-refractivity contribution in [3.05, 3.63) is 115 Å². The number of rotatable bonds is 13. The van der Waals surface area contributed by atoms with Gasteiger partial charge in [-0.2, -0.15) is 0 Å². The normalized spacial score (nSPS) is 11.1. The molecule has 0 spiro atoms. The Morgan fingerprint density at radius 2 is 1.11 bits per heavy atom. The van der Waals surface area contributed by atoms with E-state index in [0.717, 1.165) is 81.6 Å². The van der Waals surface area contributed by atoms with Gasteiger partial charge in [-0.3, -0.25) is 4.79 Å². The molecule has 6 heteroatoms. The fourth-order valence-corrected chi connectivity index (χ4v) is 6.13. The lowest BCUT2D eigenvalue weighted by Crippen LogP contribution is -2.15. The Morgan fingerprint density at radius 3 is 1.57 bits per heavy atom. The maximum Gasteiger partial charge on any atom is 0.267 e. The first-order valence-electron chi connectivity index (χ1n) is 16.4. The molecular formula is C41H41N3O3. The highest BCUT2D eigenvalue weighted by Gasteiger charge is 2.29. The van der Waals surface area contributed by atoms with Gasteiger partial charge in [0.1, 0.15) is 17.2 Å². The number of carbonyl (C=O) groups excluding carboxylic acids is 1. The van der Waals surface area contributed by atoms with Crippen molar-refractivity contribution in [1.82, 2.24) is 9.55 Å². The quantitative estimate of drug-likeness (QED) is 0.130. The number of primary amides is 1. The van der Waals surface area contributed by atoms with Crippen molar-refractivity contribution in [1.29, 1.82) is 0 Å². The monoisotopic (exact) mass is 623 g/mol. The van der Waals surface area contributed by atoms with Crippen molar-refractivity contribution >= 4 is 16.7 Å². The van der Waals surface area contributed by atoms with Crippen molar-refractivity contribution in [2.45, 2.75) is 39.5 Å². The summed E-state index contributed by atoms with van der Waals surface area (Å²) in [6, 6.07) is 36.5. The van der Waals surface area contributed by atoms with E-state index in [1.165, 1.54) is 0 Å². The Labute approximate surface area is 276 Å². The topological polar surface area (TPSA) is 79.4 Å². The third kappa shape index (κ3) is 6.50. The molecule has 1 amide bonds. The molecule has 0 atom stereocenters. The van der Waals surface area contributed by atoms with Gasteiger partial charge in [0.2, 0.25) is 0 Å². The van der Waals surface area contributed by atoms with Crippen LogP contribution in [0, 0.1) is 0 Å². The van der Waals surface area contributed by atoms with E-state index < -0.39 is 5.91 Å². The molecule has 0 aliphatic carbocycles. The molecule has 0 aliphatic heterocycles. The van der Waals surface area contributed by atoms with Gasteiger partial charge in [0.25, 0.3) is 5.91 Å². The number of amides is 1. The Hall–Kier alpha value is -5.36. The molecule has 0 saturated carbocycles. The van der Waals surface area contributed by atoms with E-state index in [1.54, 1.807) is 0 Å². The lowest BCUT2D eigenvalue weighted by atomic mass is 9.91. The lowest BCUT2D eigenvalue weighted by molar-refractivity contribution is 0.0996. The maximum atomic E-state index is 13.4. The summed E-state index contributed by atoms with van der Waals surface area (Å²) in [6.07, 6.45) is 4.10. The standard InChI is InChI=1S/C41H41N3O3/c1-4-6-26-46-32-22-18-28(19-23-32)34-35-36(37(43-38(34)41(42)45)29-20-24-33(25-21-29)47-27-7-5-2)40(31-16-12-9-13-17-31)44(3)39(35)30-14-10-8-11-15-30/h8-25H,4-7,26-27H2,1-3H3,(H2,42,45). The molecule has 0 aliphatic rings. The first kappa shape index (κ1) is 31.6. The van der Waals surface area contributed by atoms with E-state index in [1.807, 2.05) is 84.9 Å². The SMILES string of the molecule is CCCCOc1ccc(-c2nc(C(N)=O)c(-c3ccc(OCCCC)cc3)c3c(-c4ccccc4)n(C)c(-c4ccccc4)c23)cc1. The number of hydrogen-bond donors (Lipinski definition) is 1. The largest absolute Gasteiger partial charge is 0.494 e. The summed E-state index contributed by atoms with van der Waals surface area (Å²) >= 11 is 0. The van der Waals surface area contributed by atoms with Crippen molar-refractivity contribution in [2.75, 3.05) is 13.2 Å². The number of carbonyl (C=O) groups is 1. The molecule has 0 unspecified atom stereocenters. The number of pyridine rings is 1. The molecule has 0 saturated heterocycles. The van der Waals surface area contributed by atoms with Gasteiger partial charge in [-0.15, -0.1) is 0 Å². The number of nitrogens with zero attached hydrogens (tertiary/aromatic N) is 2. The molecular weight excluding hydrogens is 582 g/mol. The van der Waals surface area contributed by atoms with E-state index in [9.17, 15) is 4.79 Å². The molecule has 0 fully saturated rings. The van der Waals surface area contributed by atoms with Gasteiger partial charge in [-0.1, -0.05) is 99.5 Å². The second kappa shape index (κ2) is 14.4. The zero-order chi connectivity index (χ0) is 32.8. The van der Waals surface area contributed by atoms with Crippen LogP contribution in [0.3, 0.4) is 0 Å². The second-order valence-electron chi connectivity index (χ2n) is 11.7. The highest BCUT2D eigenvalue weighted by atomic mass is 16.5. The zero-order valence-electron chi connectivity index (χ0n) is 27.3. The summed E-state index contributed by atoms with van der Waals surface area (Å²) in [5.74, 6) is 0.994. The first-order chi connectivity index (χ1) is 23.0. The molecule has 2 aromatic heterocycles. The van der Waals surface area contributed by atoms with Crippen LogP contribution in [0.25, 0.3) is 55.7 Å². The zero-order valence-corrected chi connectivity index (χ0v) is 27.3.